The lowest BCUT2D eigenvalue weighted by Gasteiger charge is -2.34. The van der Waals surface area contributed by atoms with Gasteiger partial charge in [-0.15, -0.1) is 0 Å². The van der Waals surface area contributed by atoms with Crippen LogP contribution in [0.25, 0.3) is 0 Å². The topological polar surface area (TPSA) is 371 Å². The highest BCUT2D eigenvalue weighted by molar-refractivity contribution is 5.85. The van der Waals surface area contributed by atoms with Crippen molar-refractivity contribution >= 4 is 71.6 Å². The van der Waals surface area contributed by atoms with Crippen molar-refractivity contribution in [3.8, 4) is 0 Å². The molecule has 0 aromatic carbocycles. The molecule has 0 bridgehead atoms. The van der Waals surface area contributed by atoms with E-state index in [-0.39, 0.29) is 112 Å². The minimum absolute atomic E-state index is 0.0994. The van der Waals surface area contributed by atoms with Crippen molar-refractivity contribution in [3.63, 3.8) is 0 Å². The Morgan fingerprint density at radius 3 is 0.868 bits per heavy atom. The Labute approximate surface area is 623 Å². The summed E-state index contributed by atoms with van der Waals surface area (Å²) in [5.74, 6) is -6.50. The van der Waals surface area contributed by atoms with Crippen LogP contribution < -0.4 is 0 Å². The average Bonchev–Trinajstić information content (AvgIpc) is 0.874. The number of carbonyl (C=O) groups excluding carboxylic acids is 12. The third-order valence-electron chi connectivity index (χ3n) is 13.5. The number of hydrogen-bond donors (Lipinski definition) is 0. The predicted molar refractivity (Wildman–Crippen MR) is 388 cm³/mol. The number of esters is 12. The first-order valence-corrected chi connectivity index (χ1v) is 33.6. The first-order valence-electron chi connectivity index (χ1n) is 33.6. The van der Waals surface area contributed by atoms with Crippen LogP contribution in [-0.2, 0) is 143 Å². The van der Waals surface area contributed by atoms with E-state index in [0.717, 1.165) is 72.9 Å². The minimum Gasteiger partial charge on any atom is -0.463 e. The Hall–Kier alpha value is -9.72. The van der Waals surface area contributed by atoms with E-state index in [1.165, 1.54) is 0 Å². The molecule has 6 unspecified atom stereocenters. The largest absolute Gasteiger partial charge is 0.463 e. The van der Waals surface area contributed by atoms with Crippen LogP contribution in [0.3, 0.4) is 0 Å². The SMILES string of the molecule is C=CC(=O)OC(C)COCC(CC)(COCC(C)OC(=O)C=C)OCC(C)OC(=O)C=C.C=CC(=O)OC(C)COCC(COCC(C)OC(=O)C=C)OCC(C)OC(=O)C=C.C=CC(=O)OCCC(CC)(CCOC(=O)C=C)COC(=O)C=C.C=CC(=O)OCCC(CCOC(=O)C=C)COC(=O)C=C. The van der Waals surface area contributed by atoms with Crippen LogP contribution >= 0.6 is 0 Å². The number of hydrogen-bond acceptors (Lipinski definition) is 30. The van der Waals surface area contributed by atoms with Crippen molar-refractivity contribution < 1.29 is 143 Å². The van der Waals surface area contributed by atoms with Crippen LogP contribution in [-0.4, -0.2) is 226 Å². The molecule has 0 amide bonds. The van der Waals surface area contributed by atoms with E-state index in [9.17, 15) is 57.5 Å². The molecule has 6 atom stereocenters. The van der Waals surface area contributed by atoms with Gasteiger partial charge in [-0.3, -0.25) is 0 Å². The molecular weight excluding hydrogens is 1390 g/mol. The maximum Gasteiger partial charge on any atom is 0.330 e. The first-order chi connectivity index (χ1) is 50.3. The fourth-order valence-electron chi connectivity index (χ4n) is 7.58. The lowest BCUT2D eigenvalue weighted by molar-refractivity contribution is -0.175. The molecule has 106 heavy (non-hydrogen) atoms. The van der Waals surface area contributed by atoms with Gasteiger partial charge in [-0.1, -0.05) is 92.8 Å². The predicted octanol–water partition coefficient (Wildman–Crippen LogP) is 8.22. The molecule has 0 spiro atoms. The number of rotatable bonds is 58. The molecule has 0 rings (SSSR count). The van der Waals surface area contributed by atoms with Gasteiger partial charge in [-0.25, -0.2) is 57.5 Å². The van der Waals surface area contributed by atoms with Crippen molar-refractivity contribution in [2.75, 3.05) is 106 Å². The van der Waals surface area contributed by atoms with Gasteiger partial charge in [-0.2, -0.15) is 0 Å². The summed E-state index contributed by atoms with van der Waals surface area (Å²) in [6.07, 6.45) is 12.5. The van der Waals surface area contributed by atoms with E-state index in [1.807, 2.05) is 13.8 Å². The quantitative estimate of drug-likeness (QED) is 0.0314. The highest BCUT2D eigenvalue weighted by Gasteiger charge is 2.33. The molecule has 30 heteroatoms. The van der Waals surface area contributed by atoms with Gasteiger partial charge in [0.05, 0.1) is 106 Å². The molecule has 0 aromatic heterocycles. The lowest BCUT2D eigenvalue weighted by atomic mass is 9.80. The average molecular weight is 1510 g/mol. The van der Waals surface area contributed by atoms with Crippen molar-refractivity contribution in [2.45, 2.75) is 142 Å². The van der Waals surface area contributed by atoms with Gasteiger partial charge in [0.1, 0.15) is 48.3 Å². The van der Waals surface area contributed by atoms with E-state index in [2.05, 4.69) is 78.9 Å². The van der Waals surface area contributed by atoms with Gasteiger partial charge in [-0.05, 0) is 86.0 Å². The fraction of sp³-hybridized carbons (Fsp3) is 0.526. The second kappa shape index (κ2) is 64.8. The van der Waals surface area contributed by atoms with Gasteiger partial charge in [0.15, 0.2) is 0 Å². The van der Waals surface area contributed by atoms with Crippen LogP contribution in [0.4, 0.5) is 0 Å². The maximum absolute atomic E-state index is 11.4. The molecule has 0 aliphatic carbocycles. The summed E-state index contributed by atoms with van der Waals surface area (Å²) in [6.45, 7) is 56.0. The molecule has 0 aliphatic rings. The highest BCUT2D eigenvalue weighted by atomic mass is 16.6. The lowest BCUT2D eigenvalue weighted by Crippen LogP contribution is -2.45. The second-order valence-corrected chi connectivity index (χ2v) is 22.5. The van der Waals surface area contributed by atoms with Crippen LogP contribution in [0, 0.1) is 11.3 Å². The minimum atomic E-state index is -0.876. The number of carbonyl (C=O) groups is 12. The Kier molecular flexibility index (Phi) is 62.8. The van der Waals surface area contributed by atoms with Crippen LogP contribution in [0.1, 0.15) is 93.9 Å². The molecule has 0 fully saturated rings. The molecule has 0 aliphatic heterocycles. The monoisotopic (exact) mass is 1500 g/mol. The zero-order chi connectivity index (χ0) is 81.3. The van der Waals surface area contributed by atoms with Gasteiger partial charge < -0.3 is 85.3 Å². The molecular formula is C76H112O30. The van der Waals surface area contributed by atoms with Gasteiger partial charge >= 0.3 is 71.6 Å². The molecule has 30 nitrogen and oxygen atoms in total. The summed E-state index contributed by atoms with van der Waals surface area (Å²) >= 11 is 0. The van der Waals surface area contributed by atoms with E-state index < -0.39 is 125 Å². The summed E-state index contributed by atoms with van der Waals surface area (Å²) < 4.78 is 94.5. The first kappa shape index (κ1) is 103. The smallest absolute Gasteiger partial charge is 0.330 e. The van der Waals surface area contributed by atoms with Gasteiger partial charge in [0.2, 0.25) is 0 Å². The van der Waals surface area contributed by atoms with Crippen LogP contribution in [0.15, 0.2) is 152 Å². The second-order valence-electron chi connectivity index (χ2n) is 22.5. The molecule has 0 radical (unpaired) electrons. The van der Waals surface area contributed by atoms with Crippen LogP contribution in [0.2, 0.25) is 0 Å². The van der Waals surface area contributed by atoms with Crippen molar-refractivity contribution in [2.24, 2.45) is 11.3 Å². The normalized spacial score (nSPS) is 12.9. The third-order valence-corrected chi connectivity index (χ3v) is 13.5. The summed E-state index contributed by atoms with van der Waals surface area (Å²) in [6, 6.07) is 0. The maximum atomic E-state index is 11.4. The standard InChI is InChI=1S/C23H36O9.C21H32O9.C17H24O6.C15H20O6/c1-8-20(24)30-17(5)12-27-15-23(11-4,29-14-19(7)32-22(26)10-3)16-28-13-18(6)31-21(25)9-2;1-7-19(22)28-15(4)10-25-13-18(27-12-17(6)30-21(24)9-3)14-26-11-16(5)29-20(23)8-2;1-5-14(18)21-11-9-17(8-4,13-23-16(20)7-3)10-12-22-15(19)6-2;1-4-13(16)19-9-7-12(11-21-15(18)6-3)8-10-20-14(17)5-2/h8-10,17-19H,1-3,11-16H2,4-7H3;7-9,15-18H,1-3,10-14H2,4-6H3;5-7H,1-3,8-13H2,4H3;4-6,12H,1-3,7-11H2. The van der Waals surface area contributed by atoms with Gasteiger partial charge in [0.25, 0.3) is 0 Å². The molecule has 0 aromatic rings. The molecule has 0 heterocycles. The summed E-state index contributed by atoms with van der Waals surface area (Å²) in [5.41, 5.74) is -1.35. The Morgan fingerprint density at radius 2 is 0.566 bits per heavy atom. The highest BCUT2D eigenvalue weighted by Crippen LogP contribution is 2.32. The van der Waals surface area contributed by atoms with Crippen LogP contribution in [0.5, 0.6) is 0 Å². The summed E-state index contributed by atoms with van der Waals surface area (Å²) in [4.78, 5) is 134. The molecule has 0 saturated carbocycles. The molecule has 0 saturated heterocycles. The molecule has 0 N–H and O–H groups in total. The van der Waals surface area contributed by atoms with Crippen molar-refractivity contribution in [3.05, 3.63) is 152 Å². The van der Waals surface area contributed by atoms with E-state index >= 15 is 0 Å². The number of ether oxygens (including phenoxy) is 18. The zero-order valence-electron chi connectivity index (χ0n) is 62.8. The zero-order valence-corrected chi connectivity index (χ0v) is 62.8. The third kappa shape index (κ3) is 58.6. The summed E-state index contributed by atoms with van der Waals surface area (Å²) in [7, 11) is 0. The fourth-order valence-corrected chi connectivity index (χ4v) is 7.58. The van der Waals surface area contributed by atoms with E-state index in [0.29, 0.717) is 38.5 Å². The Morgan fingerprint density at radius 1 is 0.292 bits per heavy atom. The van der Waals surface area contributed by atoms with Gasteiger partial charge in [0, 0.05) is 78.3 Å². The van der Waals surface area contributed by atoms with Crippen molar-refractivity contribution in [1.29, 1.82) is 0 Å². The summed E-state index contributed by atoms with van der Waals surface area (Å²) in [5, 5.41) is 0. The van der Waals surface area contributed by atoms with E-state index in [1.54, 1.807) is 41.5 Å². The molecule has 596 valence electrons. The Bertz CT molecular complexity index is 2660. The van der Waals surface area contributed by atoms with E-state index in [4.69, 9.17) is 85.3 Å². The Balaban J connectivity index is -0.000000663. The van der Waals surface area contributed by atoms with Crippen molar-refractivity contribution in [1.82, 2.24) is 0 Å².